The second kappa shape index (κ2) is 8.67. The Morgan fingerprint density at radius 2 is 2.00 bits per heavy atom. The van der Waals surface area contributed by atoms with Crippen LogP contribution in [0.3, 0.4) is 0 Å². The van der Waals surface area contributed by atoms with Crippen LogP contribution in [0.1, 0.15) is 28.9 Å². The number of aryl methyl sites for hydroxylation is 1. The molecule has 154 valence electrons. The number of aromatic amines is 1. The quantitative estimate of drug-likeness (QED) is 0.665. The fourth-order valence-corrected chi connectivity index (χ4v) is 3.70. The molecule has 30 heavy (non-hydrogen) atoms. The van der Waals surface area contributed by atoms with Crippen LogP contribution in [-0.4, -0.2) is 45.0 Å². The molecule has 0 spiro atoms. The summed E-state index contributed by atoms with van der Waals surface area (Å²) in [7, 11) is 0. The molecule has 1 aliphatic rings. The van der Waals surface area contributed by atoms with Crippen LogP contribution >= 0.6 is 11.6 Å². The summed E-state index contributed by atoms with van der Waals surface area (Å²) >= 11 is 6.13. The Balaban J connectivity index is 1.34. The zero-order chi connectivity index (χ0) is 21.1. The van der Waals surface area contributed by atoms with Crippen molar-refractivity contribution in [2.75, 3.05) is 18.4 Å². The number of pyridine rings is 1. The molecule has 8 heteroatoms. The van der Waals surface area contributed by atoms with Gasteiger partial charge in [-0.2, -0.15) is 5.10 Å². The molecule has 0 atom stereocenters. The summed E-state index contributed by atoms with van der Waals surface area (Å²) in [6.07, 6.45) is 4.62. The van der Waals surface area contributed by atoms with Gasteiger partial charge < -0.3 is 10.2 Å². The minimum absolute atomic E-state index is 0.0394. The zero-order valence-electron chi connectivity index (χ0n) is 16.6. The summed E-state index contributed by atoms with van der Waals surface area (Å²) in [6, 6.07) is 10.9. The maximum absolute atomic E-state index is 12.8. The van der Waals surface area contributed by atoms with Crippen LogP contribution in [0.4, 0.5) is 5.69 Å². The van der Waals surface area contributed by atoms with E-state index in [2.05, 4.69) is 20.5 Å². The van der Waals surface area contributed by atoms with Gasteiger partial charge >= 0.3 is 0 Å². The number of carbonyl (C=O) groups is 2. The Bertz CT molecular complexity index is 1060. The van der Waals surface area contributed by atoms with Crippen molar-refractivity contribution in [2.24, 2.45) is 5.92 Å². The number of hydrogen-bond donors (Lipinski definition) is 2. The van der Waals surface area contributed by atoms with E-state index in [9.17, 15) is 9.59 Å². The lowest BCUT2D eigenvalue weighted by molar-refractivity contribution is -0.121. The highest BCUT2D eigenvalue weighted by Gasteiger charge is 2.28. The number of benzene rings is 1. The smallest absolute Gasteiger partial charge is 0.271 e. The van der Waals surface area contributed by atoms with Crippen molar-refractivity contribution in [1.29, 1.82) is 0 Å². The number of aromatic nitrogens is 3. The second-order valence-electron chi connectivity index (χ2n) is 7.43. The SMILES string of the molecule is Cc1ccc(NC(=O)C2CCN(C(=O)c3cc(-c4cccnc4)n[nH]3)CC2)cc1Cl. The average Bonchev–Trinajstić information content (AvgIpc) is 3.27. The van der Waals surface area contributed by atoms with E-state index in [0.29, 0.717) is 48.0 Å². The van der Waals surface area contributed by atoms with Crippen molar-refractivity contribution >= 4 is 29.1 Å². The molecule has 1 aromatic carbocycles. The third kappa shape index (κ3) is 4.36. The summed E-state index contributed by atoms with van der Waals surface area (Å²) in [6.45, 7) is 2.96. The van der Waals surface area contributed by atoms with Crippen molar-refractivity contribution in [3.63, 3.8) is 0 Å². The van der Waals surface area contributed by atoms with Crippen LogP contribution in [0.25, 0.3) is 11.3 Å². The average molecular weight is 424 g/mol. The van der Waals surface area contributed by atoms with Crippen molar-refractivity contribution in [3.8, 4) is 11.3 Å². The van der Waals surface area contributed by atoms with Gasteiger partial charge in [0.15, 0.2) is 0 Å². The maximum Gasteiger partial charge on any atom is 0.271 e. The first-order valence-corrected chi connectivity index (χ1v) is 10.2. The minimum atomic E-state index is -0.137. The number of H-pyrrole nitrogens is 1. The van der Waals surface area contributed by atoms with Crippen LogP contribution in [0.5, 0.6) is 0 Å². The lowest BCUT2D eigenvalue weighted by Gasteiger charge is -2.31. The Morgan fingerprint density at radius 3 is 2.70 bits per heavy atom. The van der Waals surface area contributed by atoms with Crippen LogP contribution < -0.4 is 5.32 Å². The highest BCUT2D eigenvalue weighted by Crippen LogP contribution is 2.24. The van der Waals surface area contributed by atoms with Crippen LogP contribution in [0, 0.1) is 12.8 Å². The van der Waals surface area contributed by atoms with Crippen molar-refractivity contribution in [2.45, 2.75) is 19.8 Å². The van der Waals surface area contributed by atoms with E-state index in [1.165, 1.54) is 0 Å². The predicted octanol–water partition coefficient (Wildman–Crippen LogP) is 3.92. The monoisotopic (exact) mass is 423 g/mol. The van der Waals surface area contributed by atoms with Gasteiger partial charge in [-0.05, 0) is 55.7 Å². The number of likely N-dealkylation sites (tertiary alicyclic amines) is 1. The highest BCUT2D eigenvalue weighted by atomic mass is 35.5. The summed E-state index contributed by atoms with van der Waals surface area (Å²) in [5.74, 6) is -0.286. The molecule has 0 radical (unpaired) electrons. The third-order valence-electron chi connectivity index (χ3n) is 5.36. The van der Waals surface area contributed by atoms with Gasteiger partial charge in [0.1, 0.15) is 5.69 Å². The maximum atomic E-state index is 12.8. The van der Waals surface area contributed by atoms with Gasteiger partial charge in [-0.3, -0.25) is 19.7 Å². The van der Waals surface area contributed by atoms with Gasteiger partial charge in [0.25, 0.3) is 5.91 Å². The Hall–Kier alpha value is -3.19. The number of rotatable bonds is 4. The van der Waals surface area contributed by atoms with E-state index in [1.54, 1.807) is 29.4 Å². The normalized spacial score (nSPS) is 14.5. The molecule has 0 bridgehead atoms. The first kappa shape index (κ1) is 20.1. The molecule has 3 heterocycles. The van der Waals surface area contributed by atoms with Crippen LogP contribution in [0.2, 0.25) is 5.02 Å². The largest absolute Gasteiger partial charge is 0.337 e. The molecule has 2 N–H and O–H groups in total. The van der Waals surface area contributed by atoms with E-state index in [0.717, 1.165) is 11.1 Å². The number of piperidine rings is 1. The fourth-order valence-electron chi connectivity index (χ4n) is 3.52. The molecule has 0 aliphatic carbocycles. The molecule has 2 amide bonds. The molecule has 1 saturated heterocycles. The van der Waals surface area contributed by atoms with Crippen molar-refractivity contribution in [3.05, 3.63) is 65.1 Å². The molecule has 2 aromatic heterocycles. The van der Waals surface area contributed by atoms with E-state index >= 15 is 0 Å². The van der Waals surface area contributed by atoms with Gasteiger partial charge in [-0.25, -0.2) is 0 Å². The topological polar surface area (TPSA) is 91.0 Å². The van der Waals surface area contributed by atoms with Crippen molar-refractivity contribution in [1.82, 2.24) is 20.1 Å². The molecule has 1 fully saturated rings. The highest BCUT2D eigenvalue weighted by molar-refractivity contribution is 6.31. The van der Waals surface area contributed by atoms with Gasteiger partial charge in [-0.1, -0.05) is 17.7 Å². The summed E-state index contributed by atoms with van der Waals surface area (Å²) in [5.41, 5.74) is 3.62. The summed E-state index contributed by atoms with van der Waals surface area (Å²) in [5, 5.41) is 10.6. The minimum Gasteiger partial charge on any atom is -0.337 e. The van der Waals surface area contributed by atoms with Gasteiger partial charge in [-0.15, -0.1) is 0 Å². The fraction of sp³-hybridized carbons (Fsp3) is 0.273. The third-order valence-corrected chi connectivity index (χ3v) is 5.77. The number of halogens is 1. The molecular formula is C22H22ClN5O2. The Morgan fingerprint density at radius 1 is 1.20 bits per heavy atom. The summed E-state index contributed by atoms with van der Waals surface area (Å²) in [4.78, 5) is 31.2. The molecule has 0 saturated carbocycles. The lowest BCUT2D eigenvalue weighted by Crippen LogP contribution is -2.41. The van der Waals surface area contributed by atoms with Crippen LogP contribution in [0.15, 0.2) is 48.8 Å². The van der Waals surface area contributed by atoms with Gasteiger partial charge in [0.05, 0.1) is 5.69 Å². The first-order chi connectivity index (χ1) is 14.5. The number of carbonyl (C=O) groups excluding carboxylic acids is 2. The van der Waals surface area contributed by atoms with E-state index < -0.39 is 0 Å². The van der Waals surface area contributed by atoms with Gasteiger partial charge in [0, 0.05) is 47.7 Å². The van der Waals surface area contributed by atoms with Crippen molar-refractivity contribution < 1.29 is 9.59 Å². The number of nitrogens with zero attached hydrogens (tertiary/aromatic N) is 3. The predicted molar refractivity (Wildman–Crippen MR) is 115 cm³/mol. The van der Waals surface area contributed by atoms with Crippen LogP contribution in [-0.2, 0) is 4.79 Å². The lowest BCUT2D eigenvalue weighted by atomic mass is 9.95. The van der Waals surface area contributed by atoms with E-state index in [-0.39, 0.29) is 17.7 Å². The summed E-state index contributed by atoms with van der Waals surface area (Å²) < 4.78 is 0. The number of hydrogen-bond acceptors (Lipinski definition) is 4. The number of nitrogens with one attached hydrogen (secondary N) is 2. The van der Waals surface area contributed by atoms with Gasteiger partial charge in [0.2, 0.25) is 5.91 Å². The van der Waals surface area contributed by atoms with E-state index in [1.807, 2.05) is 31.2 Å². The Kier molecular flexibility index (Phi) is 5.81. The first-order valence-electron chi connectivity index (χ1n) is 9.83. The number of anilines is 1. The molecule has 4 rings (SSSR count). The zero-order valence-corrected chi connectivity index (χ0v) is 17.3. The molecule has 1 aliphatic heterocycles. The standard InChI is InChI=1S/C22H22ClN5O2/c1-14-4-5-17(11-18(14)23)25-21(29)15-6-9-28(10-7-15)22(30)20-12-19(26-27-20)16-3-2-8-24-13-16/h2-5,8,11-13,15H,6-7,9-10H2,1H3,(H,25,29)(H,26,27). The number of amides is 2. The molecule has 3 aromatic rings. The molecule has 7 nitrogen and oxygen atoms in total. The Labute approximate surface area is 179 Å². The van der Waals surface area contributed by atoms with E-state index in [4.69, 9.17) is 11.6 Å². The second-order valence-corrected chi connectivity index (χ2v) is 7.84. The molecule has 0 unspecified atom stereocenters. The molecular weight excluding hydrogens is 402 g/mol.